The number of hydrogen-bond donors (Lipinski definition) is 2. The number of furan rings is 1. The Hall–Kier alpha value is -2.53. The molecule has 0 aliphatic rings. The highest BCUT2D eigenvalue weighted by atomic mass is 16.4. The van der Waals surface area contributed by atoms with Gasteiger partial charge in [0.1, 0.15) is 17.1 Å². The third-order valence-electron chi connectivity index (χ3n) is 4.46. The summed E-state index contributed by atoms with van der Waals surface area (Å²) in [5.41, 5.74) is 0.885. The monoisotopic (exact) mass is 340 g/mol. The number of aliphatic hydroxyl groups is 1. The molecule has 1 aromatic carbocycles. The maximum absolute atomic E-state index is 12.4. The molecule has 3 rings (SSSR count). The number of nitrogens with zero attached hydrogens (tertiary/aromatic N) is 1. The van der Waals surface area contributed by atoms with Gasteiger partial charge in [0.25, 0.3) is 0 Å². The van der Waals surface area contributed by atoms with Gasteiger partial charge in [-0.2, -0.15) is 0 Å². The van der Waals surface area contributed by atoms with Crippen LogP contribution in [0.25, 0.3) is 10.9 Å². The predicted molar refractivity (Wildman–Crippen MR) is 97.3 cm³/mol. The van der Waals surface area contributed by atoms with Gasteiger partial charge in [-0.3, -0.25) is 4.79 Å². The second kappa shape index (κ2) is 6.76. The van der Waals surface area contributed by atoms with Crippen molar-refractivity contribution in [2.45, 2.75) is 39.3 Å². The van der Waals surface area contributed by atoms with Crippen LogP contribution in [0.15, 0.2) is 47.0 Å². The van der Waals surface area contributed by atoms with E-state index >= 15 is 0 Å². The van der Waals surface area contributed by atoms with E-state index in [1.54, 1.807) is 19.1 Å². The van der Waals surface area contributed by atoms with Crippen molar-refractivity contribution < 1.29 is 14.3 Å². The Morgan fingerprint density at radius 3 is 2.72 bits per heavy atom. The van der Waals surface area contributed by atoms with Crippen LogP contribution in [0.4, 0.5) is 0 Å². The first-order valence-corrected chi connectivity index (χ1v) is 8.53. The van der Waals surface area contributed by atoms with E-state index in [1.165, 1.54) is 0 Å². The number of rotatable bonds is 6. The van der Waals surface area contributed by atoms with Gasteiger partial charge in [0, 0.05) is 23.6 Å². The lowest BCUT2D eigenvalue weighted by Gasteiger charge is -2.21. The Balaban J connectivity index is 1.69. The summed E-state index contributed by atoms with van der Waals surface area (Å²) >= 11 is 0. The molecule has 1 atom stereocenters. The molecule has 3 aromatic rings. The van der Waals surface area contributed by atoms with Crippen LogP contribution in [0, 0.1) is 6.92 Å². The number of carbonyl (C=O) groups excluding carboxylic acids is 1. The molecule has 1 amide bonds. The number of aryl methyl sites for hydroxylation is 2. The molecule has 0 spiro atoms. The van der Waals surface area contributed by atoms with Gasteiger partial charge in [-0.25, -0.2) is 0 Å². The molecule has 0 bridgehead atoms. The van der Waals surface area contributed by atoms with Gasteiger partial charge < -0.3 is 19.4 Å². The molecular formula is C20H24N2O3. The predicted octanol–water partition coefficient (Wildman–Crippen LogP) is 3.13. The van der Waals surface area contributed by atoms with Crippen LogP contribution in [-0.4, -0.2) is 22.1 Å². The van der Waals surface area contributed by atoms with Crippen LogP contribution < -0.4 is 5.32 Å². The van der Waals surface area contributed by atoms with Crippen LogP contribution in [0.2, 0.25) is 0 Å². The van der Waals surface area contributed by atoms with Crippen molar-refractivity contribution in [2.75, 3.05) is 6.54 Å². The standard InChI is InChI=1S/C20H24N2O3/c1-4-22-12-15(16-7-5-6-8-17(16)22)11-19(23)21-13-20(3,24)18-10-9-14(2)25-18/h5-10,12,24H,4,11,13H2,1-3H3,(H,21,23). The van der Waals surface area contributed by atoms with Crippen LogP contribution in [0.1, 0.15) is 30.9 Å². The van der Waals surface area contributed by atoms with Gasteiger partial charge in [-0.15, -0.1) is 0 Å². The molecule has 0 saturated heterocycles. The van der Waals surface area contributed by atoms with Crippen molar-refractivity contribution in [2.24, 2.45) is 0 Å². The summed E-state index contributed by atoms with van der Waals surface area (Å²) in [5, 5.41) is 14.4. The first kappa shape index (κ1) is 17.3. The summed E-state index contributed by atoms with van der Waals surface area (Å²) in [6.07, 6.45) is 2.30. The van der Waals surface area contributed by atoms with Gasteiger partial charge in [-0.1, -0.05) is 18.2 Å². The third-order valence-corrected chi connectivity index (χ3v) is 4.46. The number of benzene rings is 1. The van der Waals surface area contributed by atoms with Crippen molar-refractivity contribution in [1.82, 2.24) is 9.88 Å². The molecule has 0 saturated carbocycles. The molecule has 132 valence electrons. The summed E-state index contributed by atoms with van der Waals surface area (Å²) < 4.78 is 7.61. The minimum atomic E-state index is -1.23. The molecule has 0 aliphatic heterocycles. The Kier molecular flexibility index (Phi) is 4.68. The lowest BCUT2D eigenvalue weighted by atomic mass is 10.0. The second-order valence-electron chi connectivity index (χ2n) is 6.60. The fraction of sp³-hybridized carbons (Fsp3) is 0.350. The first-order chi connectivity index (χ1) is 11.9. The van der Waals surface area contributed by atoms with Crippen molar-refractivity contribution >= 4 is 16.8 Å². The molecule has 2 heterocycles. The van der Waals surface area contributed by atoms with E-state index in [1.807, 2.05) is 31.3 Å². The molecule has 0 radical (unpaired) electrons. The Morgan fingerprint density at radius 1 is 1.28 bits per heavy atom. The normalized spacial score (nSPS) is 13.8. The zero-order valence-electron chi connectivity index (χ0n) is 14.9. The van der Waals surface area contributed by atoms with Crippen LogP contribution >= 0.6 is 0 Å². The Bertz CT molecular complexity index is 889. The van der Waals surface area contributed by atoms with E-state index < -0.39 is 5.60 Å². The third kappa shape index (κ3) is 3.61. The van der Waals surface area contributed by atoms with E-state index in [4.69, 9.17) is 4.42 Å². The molecule has 0 fully saturated rings. The highest BCUT2D eigenvalue weighted by molar-refractivity contribution is 5.89. The summed E-state index contributed by atoms with van der Waals surface area (Å²) in [5.74, 6) is 1.06. The molecule has 1 unspecified atom stereocenters. The molecule has 0 aliphatic carbocycles. The number of hydrogen-bond acceptors (Lipinski definition) is 3. The summed E-state index contributed by atoms with van der Waals surface area (Å²) in [4.78, 5) is 12.4. The fourth-order valence-corrected chi connectivity index (χ4v) is 3.04. The van der Waals surface area contributed by atoms with Gasteiger partial charge in [0.05, 0.1) is 13.0 Å². The van der Waals surface area contributed by atoms with Gasteiger partial charge in [-0.05, 0) is 44.5 Å². The minimum Gasteiger partial charge on any atom is -0.463 e. The van der Waals surface area contributed by atoms with Crippen molar-refractivity contribution in [3.63, 3.8) is 0 Å². The van der Waals surface area contributed by atoms with Crippen LogP contribution in [-0.2, 0) is 23.4 Å². The highest BCUT2D eigenvalue weighted by Gasteiger charge is 2.27. The Labute approximate surface area is 147 Å². The zero-order chi connectivity index (χ0) is 18.0. The van der Waals surface area contributed by atoms with Gasteiger partial charge in [0.15, 0.2) is 0 Å². The van der Waals surface area contributed by atoms with Crippen LogP contribution in [0.3, 0.4) is 0 Å². The number of carbonyl (C=O) groups is 1. The quantitative estimate of drug-likeness (QED) is 0.724. The van der Waals surface area contributed by atoms with E-state index in [0.717, 1.165) is 28.8 Å². The van der Waals surface area contributed by atoms with Crippen molar-refractivity contribution in [1.29, 1.82) is 0 Å². The zero-order valence-corrected chi connectivity index (χ0v) is 14.9. The maximum atomic E-state index is 12.4. The summed E-state index contributed by atoms with van der Waals surface area (Å²) in [7, 11) is 0. The molecule has 2 N–H and O–H groups in total. The summed E-state index contributed by atoms with van der Waals surface area (Å²) in [6.45, 7) is 6.49. The number of fused-ring (bicyclic) bond motifs is 1. The van der Waals surface area contributed by atoms with Gasteiger partial charge >= 0.3 is 0 Å². The first-order valence-electron chi connectivity index (χ1n) is 8.53. The molecule has 5 nitrogen and oxygen atoms in total. The molecular weight excluding hydrogens is 316 g/mol. The van der Waals surface area contributed by atoms with Crippen LogP contribution in [0.5, 0.6) is 0 Å². The van der Waals surface area contributed by atoms with E-state index in [0.29, 0.717) is 5.76 Å². The largest absolute Gasteiger partial charge is 0.463 e. The highest BCUT2D eigenvalue weighted by Crippen LogP contribution is 2.23. The van der Waals surface area contributed by atoms with Gasteiger partial charge in [0.2, 0.25) is 5.91 Å². The molecule has 2 aromatic heterocycles. The number of para-hydroxylation sites is 1. The second-order valence-corrected chi connectivity index (χ2v) is 6.60. The number of amides is 1. The smallest absolute Gasteiger partial charge is 0.224 e. The number of nitrogens with one attached hydrogen (secondary N) is 1. The maximum Gasteiger partial charge on any atom is 0.224 e. The van der Waals surface area contributed by atoms with E-state index in [-0.39, 0.29) is 18.9 Å². The fourth-order valence-electron chi connectivity index (χ4n) is 3.04. The van der Waals surface area contributed by atoms with Crippen molar-refractivity contribution in [3.8, 4) is 0 Å². The minimum absolute atomic E-state index is 0.102. The average Bonchev–Trinajstić information content (AvgIpc) is 3.18. The van der Waals surface area contributed by atoms with E-state index in [9.17, 15) is 9.90 Å². The lowest BCUT2D eigenvalue weighted by molar-refractivity contribution is -0.121. The molecule has 25 heavy (non-hydrogen) atoms. The number of aromatic nitrogens is 1. The summed E-state index contributed by atoms with van der Waals surface area (Å²) in [6, 6.07) is 11.6. The van der Waals surface area contributed by atoms with E-state index in [2.05, 4.69) is 22.9 Å². The molecule has 5 heteroatoms. The topological polar surface area (TPSA) is 67.4 Å². The Morgan fingerprint density at radius 2 is 2.04 bits per heavy atom. The lowest BCUT2D eigenvalue weighted by Crippen LogP contribution is -2.39. The SMILES string of the molecule is CCn1cc(CC(=O)NCC(C)(O)c2ccc(C)o2)c2ccccc21. The average molecular weight is 340 g/mol. The van der Waals surface area contributed by atoms with Crippen molar-refractivity contribution in [3.05, 3.63) is 59.7 Å².